The number of rotatable bonds is 5. The number of hydrogen-bond donors (Lipinski definition) is 1. The lowest BCUT2D eigenvalue weighted by atomic mass is 10.1. The number of carboxylic acids is 1. The number of nitrogens with zero attached hydrogens (tertiary/aromatic N) is 2. The van der Waals surface area contributed by atoms with Crippen LogP contribution in [0.3, 0.4) is 0 Å². The van der Waals surface area contributed by atoms with E-state index in [1.54, 1.807) is 0 Å². The van der Waals surface area contributed by atoms with Crippen LogP contribution in [0.5, 0.6) is 0 Å². The monoisotopic (exact) mass is 274 g/mol. The number of aliphatic carboxylic acids is 1. The molecule has 0 amide bonds. The summed E-state index contributed by atoms with van der Waals surface area (Å²) < 4.78 is 5.56. The van der Waals surface area contributed by atoms with Crippen LogP contribution in [0.15, 0.2) is 24.3 Å². The maximum absolute atomic E-state index is 10.4. The van der Waals surface area contributed by atoms with Crippen molar-refractivity contribution >= 4 is 11.7 Å². The topological polar surface area (TPSA) is 73.6 Å². The van der Waals surface area contributed by atoms with E-state index < -0.39 is 5.97 Å². The first-order valence-electron chi connectivity index (χ1n) is 6.78. The second kappa shape index (κ2) is 6.92. The van der Waals surface area contributed by atoms with Crippen molar-refractivity contribution in [3.63, 3.8) is 0 Å². The Kier molecular flexibility index (Phi) is 4.97. The van der Waals surface area contributed by atoms with Crippen LogP contribution < -0.4 is 4.90 Å². The maximum Gasteiger partial charge on any atom is 0.305 e. The molecule has 106 valence electrons. The van der Waals surface area contributed by atoms with E-state index in [0.29, 0.717) is 5.56 Å². The Morgan fingerprint density at radius 1 is 1.40 bits per heavy atom. The van der Waals surface area contributed by atoms with Crippen molar-refractivity contribution in [2.24, 2.45) is 0 Å². The van der Waals surface area contributed by atoms with Crippen LogP contribution in [0, 0.1) is 11.3 Å². The molecule has 1 N–H and O–H groups in total. The summed E-state index contributed by atoms with van der Waals surface area (Å²) in [5.74, 6) is -0.828. The van der Waals surface area contributed by atoms with E-state index in [9.17, 15) is 4.79 Å². The lowest BCUT2D eigenvalue weighted by molar-refractivity contribution is -0.138. The van der Waals surface area contributed by atoms with E-state index in [2.05, 4.69) is 11.0 Å². The molecule has 0 saturated carbocycles. The van der Waals surface area contributed by atoms with Crippen LogP contribution in [0.25, 0.3) is 0 Å². The molecule has 1 aliphatic rings. The summed E-state index contributed by atoms with van der Waals surface area (Å²) in [7, 11) is 0. The first-order chi connectivity index (χ1) is 9.70. The van der Waals surface area contributed by atoms with Crippen LogP contribution in [0.2, 0.25) is 0 Å². The van der Waals surface area contributed by atoms with Gasteiger partial charge in [-0.2, -0.15) is 5.26 Å². The number of para-hydroxylation sites is 1. The number of hydrogen-bond acceptors (Lipinski definition) is 4. The summed E-state index contributed by atoms with van der Waals surface area (Å²) >= 11 is 0. The summed E-state index contributed by atoms with van der Waals surface area (Å²) in [5, 5.41) is 17.7. The van der Waals surface area contributed by atoms with Crippen molar-refractivity contribution in [3.05, 3.63) is 29.8 Å². The number of carboxylic acid groups (broad SMARTS) is 1. The highest BCUT2D eigenvalue weighted by molar-refractivity contribution is 5.66. The van der Waals surface area contributed by atoms with Crippen LogP contribution in [-0.4, -0.2) is 36.9 Å². The first kappa shape index (κ1) is 14.4. The van der Waals surface area contributed by atoms with Gasteiger partial charge in [0.1, 0.15) is 6.07 Å². The summed E-state index contributed by atoms with van der Waals surface area (Å²) in [6.45, 7) is 1.93. The first-order valence-corrected chi connectivity index (χ1v) is 6.78. The highest BCUT2D eigenvalue weighted by Gasteiger charge is 2.21. The zero-order valence-corrected chi connectivity index (χ0v) is 11.3. The van der Waals surface area contributed by atoms with E-state index in [1.807, 2.05) is 24.3 Å². The van der Waals surface area contributed by atoms with Crippen molar-refractivity contribution in [1.29, 1.82) is 5.26 Å². The van der Waals surface area contributed by atoms with E-state index in [0.717, 1.165) is 31.6 Å². The largest absolute Gasteiger partial charge is 0.481 e. The molecule has 1 aliphatic heterocycles. The van der Waals surface area contributed by atoms with Crippen molar-refractivity contribution in [3.8, 4) is 6.07 Å². The van der Waals surface area contributed by atoms with Gasteiger partial charge < -0.3 is 14.7 Å². The fraction of sp³-hybridized carbons (Fsp3) is 0.467. The molecule has 2 rings (SSSR count). The number of anilines is 1. The smallest absolute Gasteiger partial charge is 0.305 e. The number of nitriles is 1. The van der Waals surface area contributed by atoms with Gasteiger partial charge in [-0.3, -0.25) is 4.79 Å². The predicted octanol–water partition coefficient (Wildman–Crippen LogP) is 2.02. The lowest BCUT2D eigenvalue weighted by Gasteiger charge is -2.33. The molecule has 0 aliphatic carbocycles. The maximum atomic E-state index is 10.4. The van der Waals surface area contributed by atoms with Crippen molar-refractivity contribution in [2.75, 3.05) is 24.6 Å². The molecule has 1 fully saturated rings. The molecule has 5 heteroatoms. The molecule has 1 heterocycles. The third kappa shape index (κ3) is 3.72. The Morgan fingerprint density at radius 2 is 2.10 bits per heavy atom. The summed E-state index contributed by atoms with van der Waals surface area (Å²) in [6.07, 6.45) is 1.90. The number of carbonyl (C=O) groups is 1. The minimum absolute atomic E-state index is 0.0531. The van der Waals surface area contributed by atoms with Gasteiger partial charge in [-0.15, -0.1) is 0 Å². The van der Waals surface area contributed by atoms with Gasteiger partial charge in [0.05, 0.1) is 30.4 Å². The Morgan fingerprint density at radius 3 is 2.75 bits per heavy atom. The molecule has 0 atom stereocenters. The molecule has 1 aromatic carbocycles. The van der Waals surface area contributed by atoms with E-state index in [4.69, 9.17) is 15.1 Å². The van der Waals surface area contributed by atoms with Crippen molar-refractivity contribution < 1.29 is 14.6 Å². The zero-order valence-electron chi connectivity index (χ0n) is 11.3. The molecule has 0 bridgehead atoms. The third-order valence-electron chi connectivity index (χ3n) is 3.48. The molecule has 0 spiro atoms. The number of ether oxygens (including phenoxy) is 1. The van der Waals surface area contributed by atoms with Crippen LogP contribution in [-0.2, 0) is 9.53 Å². The van der Waals surface area contributed by atoms with Crippen LogP contribution in [0.1, 0.15) is 24.8 Å². The molecular formula is C15H18N2O3. The second-order valence-corrected chi connectivity index (χ2v) is 4.83. The zero-order chi connectivity index (χ0) is 14.4. The average molecular weight is 274 g/mol. The van der Waals surface area contributed by atoms with Gasteiger partial charge >= 0.3 is 5.97 Å². The lowest BCUT2D eigenvalue weighted by Crippen LogP contribution is -2.37. The standard InChI is InChI=1S/C15H18N2O3/c16-11-12-3-1-2-4-14(12)17-8-5-13(6-9-17)20-10-7-15(18)19/h1-4,13H,5-10H2,(H,18,19). The molecule has 0 radical (unpaired) electrons. The predicted molar refractivity (Wildman–Crippen MR) is 74.6 cm³/mol. The van der Waals surface area contributed by atoms with E-state index >= 15 is 0 Å². The molecule has 1 aromatic rings. The van der Waals surface area contributed by atoms with Gasteiger partial charge in [-0.25, -0.2) is 0 Å². The quantitative estimate of drug-likeness (QED) is 0.889. The van der Waals surface area contributed by atoms with Gasteiger partial charge in [0.2, 0.25) is 0 Å². The summed E-state index contributed by atoms with van der Waals surface area (Å²) in [5.41, 5.74) is 1.66. The summed E-state index contributed by atoms with van der Waals surface area (Å²) in [6, 6.07) is 9.80. The fourth-order valence-corrected chi connectivity index (χ4v) is 2.42. The van der Waals surface area contributed by atoms with Gasteiger partial charge in [0.15, 0.2) is 0 Å². The Hall–Kier alpha value is -2.06. The highest BCUT2D eigenvalue weighted by atomic mass is 16.5. The average Bonchev–Trinajstić information content (AvgIpc) is 2.47. The van der Waals surface area contributed by atoms with E-state index in [1.165, 1.54) is 0 Å². The van der Waals surface area contributed by atoms with Crippen LogP contribution >= 0.6 is 0 Å². The molecule has 20 heavy (non-hydrogen) atoms. The van der Waals surface area contributed by atoms with E-state index in [-0.39, 0.29) is 19.1 Å². The van der Waals surface area contributed by atoms with Crippen LogP contribution in [0.4, 0.5) is 5.69 Å². The van der Waals surface area contributed by atoms with Gasteiger partial charge in [-0.05, 0) is 25.0 Å². The van der Waals surface area contributed by atoms with Gasteiger partial charge in [-0.1, -0.05) is 12.1 Å². The fourth-order valence-electron chi connectivity index (χ4n) is 2.42. The Labute approximate surface area is 118 Å². The number of benzene rings is 1. The highest BCUT2D eigenvalue weighted by Crippen LogP contribution is 2.24. The third-order valence-corrected chi connectivity index (χ3v) is 3.48. The Bertz CT molecular complexity index is 502. The SMILES string of the molecule is N#Cc1ccccc1N1CCC(OCCC(=O)O)CC1. The molecular weight excluding hydrogens is 256 g/mol. The minimum atomic E-state index is -0.828. The second-order valence-electron chi connectivity index (χ2n) is 4.83. The van der Waals surface area contributed by atoms with Gasteiger partial charge in [0.25, 0.3) is 0 Å². The number of piperidine rings is 1. The molecule has 5 nitrogen and oxygen atoms in total. The normalized spacial score (nSPS) is 15.8. The van der Waals surface area contributed by atoms with Crippen molar-refractivity contribution in [2.45, 2.75) is 25.4 Å². The minimum Gasteiger partial charge on any atom is -0.481 e. The summed E-state index contributed by atoms with van der Waals surface area (Å²) in [4.78, 5) is 12.6. The molecule has 0 unspecified atom stereocenters. The van der Waals surface area contributed by atoms with Gasteiger partial charge in [0, 0.05) is 13.1 Å². The van der Waals surface area contributed by atoms with Crippen molar-refractivity contribution in [1.82, 2.24) is 0 Å². The molecule has 0 aromatic heterocycles. The molecule has 1 saturated heterocycles. The Balaban J connectivity index is 1.85.